The Morgan fingerprint density at radius 3 is 2.75 bits per heavy atom. The van der Waals surface area contributed by atoms with Crippen LogP contribution in [0.3, 0.4) is 0 Å². The van der Waals surface area contributed by atoms with Crippen molar-refractivity contribution in [1.82, 2.24) is 0 Å². The summed E-state index contributed by atoms with van der Waals surface area (Å²) < 4.78 is 0. The molecule has 2 aliphatic carbocycles. The maximum Gasteiger partial charge on any atom is 0.327 e. The largest absolute Gasteiger partial charge is 0.478 e. The van der Waals surface area contributed by atoms with E-state index in [1.165, 1.54) is 12.5 Å². The molecule has 1 N–H and O–H groups in total. The molecule has 0 heterocycles. The van der Waals surface area contributed by atoms with Gasteiger partial charge in [-0.3, -0.25) is 0 Å². The quantitative estimate of drug-likeness (QED) is 0.499. The van der Waals surface area contributed by atoms with E-state index in [0.717, 1.165) is 12.3 Å². The minimum atomic E-state index is -0.832. The van der Waals surface area contributed by atoms with Gasteiger partial charge in [0.2, 0.25) is 0 Å². The first-order valence-corrected chi connectivity index (χ1v) is 4.35. The Kier molecular flexibility index (Phi) is 1.75. The standard InChI is InChI=1S/C10H12O2/c11-10(12)4-3-9-6-7-1-2-8(9)5-7/h1-4,7-9H,5-6H2,(H,11,12)/t7-,8+,9+/m0/s1. The van der Waals surface area contributed by atoms with Crippen LogP contribution in [0.25, 0.3) is 0 Å². The molecule has 0 radical (unpaired) electrons. The Morgan fingerprint density at radius 1 is 1.42 bits per heavy atom. The molecule has 2 bridgehead atoms. The number of allylic oxidation sites excluding steroid dienone is 3. The van der Waals surface area contributed by atoms with Crippen LogP contribution in [0.15, 0.2) is 24.3 Å². The fraction of sp³-hybridized carbons (Fsp3) is 0.500. The molecule has 1 fully saturated rings. The molecule has 2 nitrogen and oxygen atoms in total. The first kappa shape index (κ1) is 7.59. The molecule has 0 aromatic heterocycles. The SMILES string of the molecule is O=C(O)C=C[C@@H]1C[C@H]2C=C[C@@H]1C2. The Morgan fingerprint density at radius 2 is 2.25 bits per heavy atom. The van der Waals surface area contributed by atoms with Crippen molar-refractivity contribution < 1.29 is 9.90 Å². The van der Waals surface area contributed by atoms with Crippen LogP contribution in [0.5, 0.6) is 0 Å². The number of hydrogen-bond donors (Lipinski definition) is 1. The monoisotopic (exact) mass is 164 g/mol. The van der Waals surface area contributed by atoms with Gasteiger partial charge in [-0.2, -0.15) is 0 Å². The number of rotatable bonds is 2. The number of carbonyl (C=O) groups is 1. The van der Waals surface area contributed by atoms with Crippen LogP contribution >= 0.6 is 0 Å². The zero-order valence-electron chi connectivity index (χ0n) is 6.81. The summed E-state index contributed by atoms with van der Waals surface area (Å²) >= 11 is 0. The maximum absolute atomic E-state index is 10.3. The summed E-state index contributed by atoms with van der Waals surface area (Å²) in [5.41, 5.74) is 0. The van der Waals surface area contributed by atoms with Gasteiger partial charge in [-0.25, -0.2) is 4.79 Å². The molecule has 0 spiro atoms. The van der Waals surface area contributed by atoms with Crippen LogP contribution in [-0.4, -0.2) is 11.1 Å². The molecule has 0 saturated heterocycles. The summed E-state index contributed by atoms with van der Waals surface area (Å²) in [7, 11) is 0. The summed E-state index contributed by atoms with van der Waals surface area (Å²) in [6, 6.07) is 0. The minimum Gasteiger partial charge on any atom is -0.478 e. The molecule has 12 heavy (non-hydrogen) atoms. The molecule has 2 rings (SSSR count). The Hall–Kier alpha value is -1.05. The highest BCUT2D eigenvalue weighted by Crippen LogP contribution is 2.43. The van der Waals surface area contributed by atoms with E-state index in [0.29, 0.717) is 11.8 Å². The molecule has 2 heteroatoms. The molecule has 0 amide bonds. The third-order valence-corrected chi connectivity index (χ3v) is 2.82. The van der Waals surface area contributed by atoms with Gasteiger partial charge in [0.15, 0.2) is 0 Å². The number of aliphatic carboxylic acids is 1. The summed E-state index contributed by atoms with van der Waals surface area (Å²) in [5, 5.41) is 8.44. The molecule has 0 aliphatic heterocycles. The number of carboxylic acids is 1. The number of hydrogen-bond acceptors (Lipinski definition) is 1. The highest BCUT2D eigenvalue weighted by atomic mass is 16.4. The van der Waals surface area contributed by atoms with E-state index < -0.39 is 5.97 Å². The van der Waals surface area contributed by atoms with Gasteiger partial charge >= 0.3 is 5.97 Å². The third kappa shape index (κ3) is 1.29. The van der Waals surface area contributed by atoms with Crippen LogP contribution in [0.4, 0.5) is 0 Å². The van der Waals surface area contributed by atoms with E-state index in [9.17, 15) is 4.79 Å². The van der Waals surface area contributed by atoms with Gasteiger partial charge in [-0.1, -0.05) is 18.2 Å². The van der Waals surface area contributed by atoms with E-state index in [2.05, 4.69) is 12.2 Å². The van der Waals surface area contributed by atoms with Crippen molar-refractivity contribution in [2.24, 2.45) is 17.8 Å². The lowest BCUT2D eigenvalue weighted by Gasteiger charge is -2.12. The first-order chi connectivity index (χ1) is 5.75. The Balaban J connectivity index is 1.99. The van der Waals surface area contributed by atoms with E-state index in [1.807, 2.05) is 6.08 Å². The minimum absolute atomic E-state index is 0.482. The molecule has 1 saturated carbocycles. The molecule has 0 aromatic rings. The Bertz CT molecular complexity index is 253. The van der Waals surface area contributed by atoms with Crippen LogP contribution < -0.4 is 0 Å². The van der Waals surface area contributed by atoms with Crippen LogP contribution in [-0.2, 0) is 4.79 Å². The lowest BCUT2D eigenvalue weighted by molar-refractivity contribution is -0.131. The van der Waals surface area contributed by atoms with Crippen molar-refractivity contribution >= 4 is 5.97 Å². The molecule has 3 atom stereocenters. The molecule has 64 valence electrons. The fourth-order valence-corrected chi connectivity index (χ4v) is 2.25. The van der Waals surface area contributed by atoms with Crippen LogP contribution in [0.2, 0.25) is 0 Å². The van der Waals surface area contributed by atoms with Crippen LogP contribution in [0, 0.1) is 17.8 Å². The fourth-order valence-electron chi connectivity index (χ4n) is 2.25. The summed E-state index contributed by atoms with van der Waals surface area (Å²) in [4.78, 5) is 10.3. The smallest absolute Gasteiger partial charge is 0.327 e. The molecular weight excluding hydrogens is 152 g/mol. The van der Waals surface area contributed by atoms with Gasteiger partial charge in [0.25, 0.3) is 0 Å². The van der Waals surface area contributed by atoms with Crippen molar-refractivity contribution in [3.63, 3.8) is 0 Å². The summed E-state index contributed by atoms with van der Waals surface area (Å²) in [6.45, 7) is 0. The Labute approximate surface area is 71.6 Å². The van der Waals surface area contributed by atoms with Gasteiger partial charge in [0.1, 0.15) is 0 Å². The van der Waals surface area contributed by atoms with Crippen molar-refractivity contribution in [3.05, 3.63) is 24.3 Å². The van der Waals surface area contributed by atoms with E-state index in [-0.39, 0.29) is 0 Å². The van der Waals surface area contributed by atoms with E-state index >= 15 is 0 Å². The average Bonchev–Trinajstić information content (AvgIpc) is 2.60. The predicted molar refractivity (Wildman–Crippen MR) is 45.6 cm³/mol. The van der Waals surface area contributed by atoms with E-state index in [1.54, 1.807) is 0 Å². The highest BCUT2D eigenvalue weighted by Gasteiger charge is 2.33. The average molecular weight is 164 g/mol. The molecule has 2 aliphatic rings. The van der Waals surface area contributed by atoms with Crippen molar-refractivity contribution in [1.29, 1.82) is 0 Å². The van der Waals surface area contributed by atoms with Crippen molar-refractivity contribution in [3.8, 4) is 0 Å². The normalized spacial score (nSPS) is 38.2. The second-order valence-corrected chi connectivity index (χ2v) is 3.64. The second kappa shape index (κ2) is 2.77. The van der Waals surface area contributed by atoms with Gasteiger partial charge in [-0.15, -0.1) is 0 Å². The topological polar surface area (TPSA) is 37.3 Å². The first-order valence-electron chi connectivity index (χ1n) is 4.35. The zero-order valence-corrected chi connectivity index (χ0v) is 6.81. The lowest BCUT2D eigenvalue weighted by atomic mass is 9.93. The van der Waals surface area contributed by atoms with Gasteiger partial charge in [0, 0.05) is 6.08 Å². The van der Waals surface area contributed by atoms with Crippen molar-refractivity contribution in [2.45, 2.75) is 12.8 Å². The van der Waals surface area contributed by atoms with Gasteiger partial charge in [0.05, 0.1) is 0 Å². The van der Waals surface area contributed by atoms with Gasteiger partial charge < -0.3 is 5.11 Å². The van der Waals surface area contributed by atoms with E-state index in [4.69, 9.17) is 5.11 Å². The second-order valence-electron chi connectivity index (χ2n) is 3.64. The molecular formula is C10H12O2. The molecule has 0 aromatic carbocycles. The van der Waals surface area contributed by atoms with Crippen LogP contribution in [0.1, 0.15) is 12.8 Å². The van der Waals surface area contributed by atoms with Gasteiger partial charge in [-0.05, 0) is 30.6 Å². The zero-order chi connectivity index (χ0) is 8.55. The summed E-state index contributed by atoms with van der Waals surface area (Å²) in [5.74, 6) is 0.988. The lowest BCUT2D eigenvalue weighted by Crippen LogP contribution is -2.03. The number of fused-ring (bicyclic) bond motifs is 2. The molecule has 0 unspecified atom stereocenters. The maximum atomic E-state index is 10.3. The number of carboxylic acid groups (broad SMARTS) is 1. The third-order valence-electron chi connectivity index (χ3n) is 2.82. The summed E-state index contributed by atoms with van der Waals surface area (Å²) in [6.07, 6.45) is 9.98. The highest BCUT2D eigenvalue weighted by molar-refractivity contribution is 5.79. The van der Waals surface area contributed by atoms with Crippen molar-refractivity contribution in [2.75, 3.05) is 0 Å². The predicted octanol–water partition coefficient (Wildman–Crippen LogP) is 1.84.